The second-order valence-corrected chi connectivity index (χ2v) is 12.8. The van der Waals surface area contributed by atoms with E-state index in [2.05, 4.69) is 12.1 Å². The van der Waals surface area contributed by atoms with E-state index < -0.39 is 34.3 Å². The van der Waals surface area contributed by atoms with Crippen molar-refractivity contribution >= 4 is 33.2 Å². The van der Waals surface area contributed by atoms with E-state index >= 15 is 0 Å². The van der Waals surface area contributed by atoms with E-state index in [9.17, 15) is 29.7 Å². The first-order valence-electron chi connectivity index (χ1n) is 17.0. The van der Waals surface area contributed by atoms with Crippen LogP contribution in [0.4, 0.5) is 0 Å². The fourth-order valence-corrected chi connectivity index (χ4v) is 7.16. The number of benzene rings is 4. The summed E-state index contributed by atoms with van der Waals surface area (Å²) in [6, 6.07) is 29.3. The van der Waals surface area contributed by atoms with Crippen LogP contribution in [-0.2, 0) is 0 Å². The number of fused-ring (bicyclic) bond motifs is 4. The molecular formula is C40H30N8O6. The third-order valence-electron chi connectivity index (χ3n) is 9.76. The number of aromatic nitrogens is 4. The highest BCUT2D eigenvalue weighted by Crippen LogP contribution is 2.35. The Morgan fingerprint density at radius 1 is 0.519 bits per heavy atom. The zero-order chi connectivity index (χ0) is 37.7. The number of allylic oxidation sites excluding steroid dienone is 2. The lowest BCUT2D eigenvalue weighted by Crippen LogP contribution is -2.38. The zero-order valence-electron chi connectivity index (χ0n) is 28.5. The predicted molar refractivity (Wildman–Crippen MR) is 200 cm³/mol. The summed E-state index contributed by atoms with van der Waals surface area (Å²) in [5, 5.41) is 20.8. The molecule has 0 aliphatic carbocycles. The minimum absolute atomic E-state index is 0.0763. The molecule has 14 heteroatoms. The quantitative estimate of drug-likeness (QED) is 0.208. The summed E-state index contributed by atoms with van der Waals surface area (Å²) < 4.78 is 16.5. The fourth-order valence-electron chi connectivity index (χ4n) is 7.16. The number of nitriles is 2. The molecule has 2 atom stereocenters. The molecule has 0 saturated carbocycles. The predicted octanol–water partition coefficient (Wildman–Crippen LogP) is 3.39. The molecule has 266 valence electrons. The molecule has 6 aromatic rings. The molecule has 0 bridgehead atoms. The Hall–Kier alpha value is -7.58. The average Bonchev–Trinajstić information content (AvgIpc) is 3.68. The van der Waals surface area contributed by atoms with Crippen molar-refractivity contribution in [1.82, 2.24) is 18.7 Å². The molecule has 2 aliphatic rings. The standard InChI is InChI=1S/C40H30N8O6/c41-21-31-33(45-37(49)27-7-1-3-9-29(27)39(51)47(45)35(31)43)23-11-15-25(16-12-23)53-19-5-6-20-54-26-17-13-24(14-18-26)34-32(22-42)36(44)48-40(52)30-10-4-2-8-28(30)38(50)46(34)48/h1-4,7-18,33-34H,5-6,19-20,43-44H2. The van der Waals surface area contributed by atoms with Crippen molar-refractivity contribution in [3.63, 3.8) is 0 Å². The summed E-state index contributed by atoms with van der Waals surface area (Å²) in [7, 11) is 0. The Morgan fingerprint density at radius 2 is 0.852 bits per heavy atom. The molecule has 2 aliphatic heterocycles. The Labute approximate surface area is 305 Å². The summed E-state index contributed by atoms with van der Waals surface area (Å²) in [4.78, 5) is 53.5. The molecule has 2 aromatic heterocycles. The zero-order valence-corrected chi connectivity index (χ0v) is 28.5. The van der Waals surface area contributed by atoms with E-state index in [1.165, 1.54) is 9.36 Å². The van der Waals surface area contributed by atoms with Gasteiger partial charge in [-0.05, 0) is 72.5 Å². The number of hydrogen-bond acceptors (Lipinski definition) is 10. The third-order valence-corrected chi connectivity index (χ3v) is 9.76. The van der Waals surface area contributed by atoms with Gasteiger partial charge in [0.25, 0.3) is 22.2 Å². The van der Waals surface area contributed by atoms with Crippen molar-refractivity contribution < 1.29 is 9.47 Å². The van der Waals surface area contributed by atoms with E-state index in [-0.39, 0.29) is 44.3 Å². The second-order valence-electron chi connectivity index (χ2n) is 12.8. The number of hydrogen-bond donors (Lipinski definition) is 2. The van der Waals surface area contributed by atoms with Crippen molar-refractivity contribution in [1.29, 1.82) is 10.5 Å². The molecule has 0 fully saturated rings. The molecule has 2 unspecified atom stereocenters. The van der Waals surface area contributed by atoms with Gasteiger partial charge in [0.05, 0.1) is 34.8 Å². The van der Waals surface area contributed by atoms with Crippen molar-refractivity contribution in [2.45, 2.75) is 24.9 Å². The van der Waals surface area contributed by atoms with Crippen LogP contribution < -0.4 is 43.2 Å². The monoisotopic (exact) mass is 718 g/mol. The van der Waals surface area contributed by atoms with E-state index in [0.29, 0.717) is 48.7 Å². The summed E-state index contributed by atoms with van der Waals surface area (Å²) in [5.41, 5.74) is 12.1. The van der Waals surface area contributed by atoms with E-state index in [4.69, 9.17) is 20.9 Å². The molecule has 0 amide bonds. The molecule has 0 radical (unpaired) electrons. The van der Waals surface area contributed by atoms with Crippen LogP contribution in [0.5, 0.6) is 11.5 Å². The minimum Gasteiger partial charge on any atom is -0.494 e. The number of nitrogens with two attached hydrogens (primary N) is 2. The SMILES string of the molecule is N#CC1=C(N)n2c(=O)c3ccccc3c(=O)n2C1c1ccc(OCCCCOc2ccc(C3C(C#N)=C(N)n4c(=O)c5ccccc5c(=O)n43)cc2)cc1. The lowest BCUT2D eigenvalue weighted by Gasteiger charge is -2.17. The van der Waals surface area contributed by atoms with Gasteiger partial charge in [-0.2, -0.15) is 19.9 Å². The lowest BCUT2D eigenvalue weighted by molar-refractivity contribution is 0.266. The molecule has 4 N–H and O–H groups in total. The molecule has 14 nitrogen and oxygen atoms in total. The van der Waals surface area contributed by atoms with Crippen LogP contribution in [-0.4, -0.2) is 31.9 Å². The number of nitrogens with zero attached hydrogens (tertiary/aromatic N) is 6. The van der Waals surface area contributed by atoms with E-state index in [1.807, 2.05) is 0 Å². The average molecular weight is 719 g/mol. The highest BCUT2D eigenvalue weighted by molar-refractivity contribution is 5.83. The molecule has 0 saturated heterocycles. The summed E-state index contributed by atoms with van der Waals surface area (Å²) in [6.07, 6.45) is 1.36. The first kappa shape index (κ1) is 33.6. The lowest BCUT2D eigenvalue weighted by atomic mass is 10.0. The van der Waals surface area contributed by atoms with Gasteiger partial charge in [0.1, 0.15) is 58.5 Å². The number of rotatable bonds is 9. The van der Waals surface area contributed by atoms with Gasteiger partial charge in [0, 0.05) is 0 Å². The van der Waals surface area contributed by atoms with E-state index in [0.717, 1.165) is 9.36 Å². The van der Waals surface area contributed by atoms with Crippen LogP contribution in [0.2, 0.25) is 0 Å². The first-order chi connectivity index (χ1) is 26.2. The van der Waals surface area contributed by atoms with Gasteiger partial charge in [0.15, 0.2) is 0 Å². The Morgan fingerprint density at radius 3 is 1.19 bits per heavy atom. The van der Waals surface area contributed by atoms with Gasteiger partial charge in [-0.1, -0.05) is 48.5 Å². The molecule has 8 rings (SSSR count). The summed E-state index contributed by atoms with van der Waals surface area (Å²) in [6.45, 7) is 0.805. The largest absolute Gasteiger partial charge is 0.494 e. The molecular weight excluding hydrogens is 688 g/mol. The van der Waals surface area contributed by atoms with Crippen LogP contribution >= 0.6 is 0 Å². The highest BCUT2D eigenvalue weighted by Gasteiger charge is 2.36. The highest BCUT2D eigenvalue weighted by atomic mass is 16.5. The minimum atomic E-state index is -0.870. The van der Waals surface area contributed by atoms with Crippen molar-refractivity contribution in [3.05, 3.63) is 161 Å². The fraction of sp³-hybridized carbons (Fsp3) is 0.150. The van der Waals surface area contributed by atoms with Crippen LogP contribution in [0.25, 0.3) is 33.2 Å². The van der Waals surface area contributed by atoms with Gasteiger partial charge in [0.2, 0.25) is 0 Å². The third kappa shape index (κ3) is 5.16. The van der Waals surface area contributed by atoms with Crippen LogP contribution in [0.15, 0.2) is 127 Å². The van der Waals surface area contributed by atoms with Gasteiger partial charge in [-0.15, -0.1) is 0 Å². The van der Waals surface area contributed by atoms with Crippen LogP contribution in [0.1, 0.15) is 36.1 Å². The summed E-state index contributed by atoms with van der Waals surface area (Å²) in [5.74, 6) is 1.02. The number of unbranched alkanes of at least 4 members (excludes halogenated alkanes) is 1. The maximum atomic E-state index is 13.5. The second kappa shape index (κ2) is 13.2. The molecule has 4 heterocycles. The molecule has 4 aromatic carbocycles. The summed E-state index contributed by atoms with van der Waals surface area (Å²) >= 11 is 0. The van der Waals surface area contributed by atoms with Crippen molar-refractivity contribution in [2.24, 2.45) is 11.5 Å². The van der Waals surface area contributed by atoms with E-state index in [1.54, 1.807) is 97.1 Å². The Kier molecular flexibility index (Phi) is 8.20. The van der Waals surface area contributed by atoms with Crippen LogP contribution in [0, 0.1) is 22.7 Å². The van der Waals surface area contributed by atoms with Gasteiger partial charge in [-0.3, -0.25) is 19.2 Å². The number of ether oxygens (including phenoxy) is 2. The maximum absolute atomic E-state index is 13.5. The molecule has 54 heavy (non-hydrogen) atoms. The first-order valence-corrected chi connectivity index (χ1v) is 17.0. The van der Waals surface area contributed by atoms with Crippen LogP contribution in [0.3, 0.4) is 0 Å². The van der Waals surface area contributed by atoms with Crippen molar-refractivity contribution in [3.8, 4) is 23.6 Å². The Balaban J connectivity index is 0.892. The van der Waals surface area contributed by atoms with Crippen molar-refractivity contribution in [2.75, 3.05) is 13.2 Å². The smallest absolute Gasteiger partial charge is 0.279 e. The Bertz CT molecular complexity index is 2720. The maximum Gasteiger partial charge on any atom is 0.279 e. The van der Waals surface area contributed by atoms with Gasteiger partial charge < -0.3 is 20.9 Å². The molecule has 0 spiro atoms. The topological polar surface area (TPSA) is 206 Å². The normalized spacial score (nSPS) is 16.0. The van der Waals surface area contributed by atoms with Gasteiger partial charge in [-0.25, -0.2) is 9.36 Å². The van der Waals surface area contributed by atoms with Gasteiger partial charge >= 0.3 is 0 Å².